The van der Waals surface area contributed by atoms with E-state index in [1.807, 2.05) is 0 Å². The highest BCUT2D eigenvalue weighted by Gasteiger charge is 2.45. The zero-order valence-electron chi connectivity index (χ0n) is 14.0. The zero-order valence-corrected chi connectivity index (χ0v) is 14.8. The number of hydrogen-bond acceptors (Lipinski definition) is 6. The third-order valence-electron chi connectivity index (χ3n) is 4.83. The number of ether oxygens (including phenoxy) is 2. The molecule has 1 aromatic heterocycles. The second-order valence-electron chi connectivity index (χ2n) is 6.35. The normalized spacial score (nSPS) is 23.4. The number of sulfonamides is 1. The van der Waals surface area contributed by atoms with Crippen LogP contribution in [-0.2, 0) is 19.5 Å². The first-order chi connectivity index (χ1) is 11.9. The van der Waals surface area contributed by atoms with Crippen molar-refractivity contribution in [2.45, 2.75) is 37.3 Å². The lowest BCUT2D eigenvalue weighted by Crippen LogP contribution is -2.41. The Morgan fingerprint density at radius 2 is 2.20 bits per heavy atom. The first-order valence-electron chi connectivity index (χ1n) is 8.25. The summed E-state index contributed by atoms with van der Waals surface area (Å²) in [5, 5.41) is 0.602. The van der Waals surface area contributed by atoms with Gasteiger partial charge in [-0.25, -0.2) is 13.2 Å². The summed E-state index contributed by atoms with van der Waals surface area (Å²) in [4.78, 5) is 12.2. The molecular weight excluding hydrogens is 346 g/mol. The van der Waals surface area contributed by atoms with Crippen LogP contribution in [-0.4, -0.2) is 50.6 Å². The van der Waals surface area contributed by atoms with E-state index in [2.05, 4.69) is 0 Å². The fourth-order valence-electron chi connectivity index (χ4n) is 3.55. The number of fused-ring (bicyclic) bond motifs is 3. The van der Waals surface area contributed by atoms with Gasteiger partial charge in [-0.05, 0) is 38.5 Å². The minimum atomic E-state index is -3.60. The average Bonchev–Trinajstić information content (AvgIpc) is 3.29. The molecule has 8 heteroatoms. The van der Waals surface area contributed by atoms with Gasteiger partial charge in [-0.3, -0.25) is 0 Å². The fourth-order valence-corrected chi connectivity index (χ4v) is 5.23. The van der Waals surface area contributed by atoms with Crippen molar-refractivity contribution in [3.63, 3.8) is 0 Å². The van der Waals surface area contributed by atoms with Crippen LogP contribution in [0.1, 0.15) is 29.5 Å². The molecule has 2 bridgehead atoms. The summed E-state index contributed by atoms with van der Waals surface area (Å²) in [7, 11) is -3.60. The van der Waals surface area contributed by atoms with Gasteiger partial charge in [0, 0.05) is 17.5 Å². The van der Waals surface area contributed by atoms with E-state index in [1.165, 1.54) is 10.4 Å². The maximum absolute atomic E-state index is 13.0. The Balaban J connectivity index is 1.74. The Labute approximate surface area is 145 Å². The molecule has 2 saturated heterocycles. The quantitative estimate of drug-likeness (QED) is 0.771. The lowest BCUT2D eigenvalue weighted by molar-refractivity contribution is 0.0491. The second-order valence-corrected chi connectivity index (χ2v) is 8.24. The van der Waals surface area contributed by atoms with Gasteiger partial charge in [0.05, 0.1) is 30.3 Å². The smallest absolute Gasteiger partial charge is 0.374 e. The van der Waals surface area contributed by atoms with Gasteiger partial charge in [-0.2, -0.15) is 4.31 Å². The van der Waals surface area contributed by atoms with Gasteiger partial charge in [-0.15, -0.1) is 0 Å². The number of hydrogen-bond donors (Lipinski definition) is 0. The fraction of sp³-hybridized carbons (Fsp3) is 0.471. The van der Waals surface area contributed by atoms with Gasteiger partial charge in [0.15, 0.2) is 0 Å². The van der Waals surface area contributed by atoms with E-state index in [4.69, 9.17) is 13.9 Å². The van der Waals surface area contributed by atoms with Gasteiger partial charge < -0.3 is 13.9 Å². The molecule has 0 amide bonds. The topological polar surface area (TPSA) is 86.0 Å². The molecule has 0 spiro atoms. The van der Waals surface area contributed by atoms with Crippen LogP contribution in [0.3, 0.4) is 0 Å². The van der Waals surface area contributed by atoms with Crippen LogP contribution < -0.4 is 0 Å². The molecule has 0 N–H and O–H groups in total. The summed E-state index contributed by atoms with van der Waals surface area (Å²) in [6, 6.07) is 4.58. The van der Waals surface area contributed by atoms with Crippen LogP contribution in [0, 0.1) is 6.92 Å². The highest BCUT2D eigenvalue weighted by atomic mass is 32.2. The van der Waals surface area contributed by atoms with Gasteiger partial charge in [0.1, 0.15) is 5.58 Å². The van der Waals surface area contributed by atoms with E-state index in [0.29, 0.717) is 29.7 Å². The minimum absolute atomic E-state index is 0.00501. The molecule has 1 aromatic carbocycles. The molecule has 0 radical (unpaired) electrons. The Morgan fingerprint density at radius 3 is 2.84 bits per heavy atom. The summed E-state index contributed by atoms with van der Waals surface area (Å²) >= 11 is 0. The number of aryl methyl sites for hydroxylation is 1. The van der Waals surface area contributed by atoms with E-state index in [9.17, 15) is 13.2 Å². The number of nitrogens with zero attached hydrogens (tertiary/aromatic N) is 1. The minimum Gasteiger partial charge on any atom is -0.460 e. The number of rotatable bonds is 4. The van der Waals surface area contributed by atoms with Crippen LogP contribution in [0.4, 0.5) is 0 Å². The van der Waals surface area contributed by atoms with Crippen molar-refractivity contribution in [2.24, 2.45) is 0 Å². The number of benzene rings is 1. The molecule has 7 nitrogen and oxygen atoms in total. The molecule has 25 heavy (non-hydrogen) atoms. The lowest BCUT2D eigenvalue weighted by Gasteiger charge is -2.26. The molecule has 0 aliphatic carbocycles. The summed E-state index contributed by atoms with van der Waals surface area (Å²) in [5.41, 5.74) is 1.04. The first kappa shape index (κ1) is 16.6. The van der Waals surface area contributed by atoms with Gasteiger partial charge in [0.2, 0.25) is 15.8 Å². The van der Waals surface area contributed by atoms with Crippen molar-refractivity contribution < 1.29 is 27.1 Å². The summed E-state index contributed by atoms with van der Waals surface area (Å²) < 4.78 is 43.5. The van der Waals surface area contributed by atoms with Gasteiger partial charge >= 0.3 is 5.97 Å². The maximum Gasteiger partial charge on any atom is 0.374 e. The van der Waals surface area contributed by atoms with Crippen LogP contribution in [0.15, 0.2) is 27.5 Å². The van der Waals surface area contributed by atoms with Crippen molar-refractivity contribution >= 4 is 27.0 Å². The van der Waals surface area contributed by atoms with Crippen LogP contribution in [0.25, 0.3) is 11.0 Å². The largest absolute Gasteiger partial charge is 0.460 e. The van der Waals surface area contributed by atoms with E-state index in [-0.39, 0.29) is 29.4 Å². The van der Waals surface area contributed by atoms with Crippen LogP contribution in [0.5, 0.6) is 0 Å². The predicted octanol–water partition coefficient (Wildman–Crippen LogP) is 2.08. The Bertz CT molecular complexity index is 947. The molecule has 2 aromatic rings. The highest BCUT2D eigenvalue weighted by molar-refractivity contribution is 7.89. The second kappa shape index (κ2) is 5.82. The molecule has 2 aliphatic heterocycles. The van der Waals surface area contributed by atoms with Crippen LogP contribution >= 0.6 is 0 Å². The van der Waals surface area contributed by atoms with E-state index in [1.54, 1.807) is 26.0 Å². The maximum atomic E-state index is 13.0. The van der Waals surface area contributed by atoms with E-state index in [0.717, 1.165) is 6.42 Å². The Kier molecular flexibility index (Phi) is 3.86. The molecule has 0 saturated carbocycles. The molecule has 2 fully saturated rings. The van der Waals surface area contributed by atoms with Gasteiger partial charge in [-0.1, -0.05) is 0 Å². The first-order valence-corrected chi connectivity index (χ1v) is 9.69. The highest BCUT2D eigenvalue weighted by Crippen LogP contribution is 2.35. The third-order valence-corrected chi connectivity index (χ3v) is 6.74. The molecule has 4 rings (SSSR count). The van der Waals surface area contributed by atoms with E-state index < -0.39 is 16.0 Å². The number of morpholine rings is 1. The summed E-state index contributed by atoms with van der Waals surface area (Å²) in [5.74, 6) is -0.436. The van der Waals surface area contributed by atoms with Crippen molar-refractivity contribution in [1.82, 2.24) is 4.31 Å². The average molecular weight is 365 g/mol. The van der Waals surface area contributed by atoms with Crippen molar-refractivity contribution in [1.29, 1.82) is 0 Å². The number of esters is 1. The zero-order chi connectivity index (χ0) is 17.8. The van der Waals surface area contributed by atoms with Crippen molar-refractivity contribution in [3.8, 4) is 0 Å². The molecule has 2 unspecified atom stereocenters. The number of carbonyl (C=O) groups is 1. The van der Waals surface area contributed by atoms with Crippen LogP contribution in [0.2, 0.25) is 0 Å². The Morgan fingerprint density at radius 1 is 1.40 bits per heavy atom. The van der Waals surface area contributed by atoms with E-state index >= 15 is 0 Å². The van der Waals surface area contributed by atoms with Crippen molar-refractivity contribution in [2.75, 3.05) is 19.8 Å². The van der Waals surface area contributed by atoms with Crippen molar-refractivity contribution in [3.05, 3.63) is 29.5 Å². The molecule has 134 valence electrons. The summed E-state index contributed by atoms with van der Waals surface area (Å²) in [6.45, 7) is 4.52. The predicted molar refractivity (Wildman–Crippen MR) is 88.9 cm³/mol. The SMILES string of the molecule is CCOC(=O)c1oc2ccc(S(=O)(=O)N3CC4CC3CO4)cc2c1C. The molecular formula is C17H19NO6S. The third kappa shape index (κ3) is 2.56. The summed E-state index contributed by atoms with van der Waals surface area (Å²) in [6.07, 6.45) is 0.744. The monoisotopic (exact) mass is 365 g/mol. The Hall–Kier alpha value is -1.90. The molecule has 2 aliphatic rings. The molecule has 3 heterocycles. The molecule has 2 atom stereocenters. The van der Waals surface area contributed by atoms with Gasteiger partial charge in [0.25, 0.3) is 0 Å². The lowest BCUT2D eigenvalue weighted by atomic mass is 10.1. The number of furan rings is 1. The standard InChI is InChI=1S/C17H19NO6S/c1-3-22-17(19)16-10(2)14-7-13(4-5-15(14)24-16)25(20,21)18-8-12-6-11(18)9-23-12/h4-5,7,11-12H,3,6,8-9H2,1-2H3. The number of carbonyl (C=O) groups excluding carboxylic acids is 1.